The molecule has 7 nitrogen and oxygen atoms in total. The van der Waals surface area contributed by atoms with Crippen LogP contribution < -0.4 is 9.47 Å². The highest BCUT2D eigenvalue weighted by molar-refractivity contribution is 5.87. The quantitative estimate of drug-likeness (QED) is 0.709. The summed E-state index contributed by atoms with van der Waals surface area (Å²) in [7, 11) is 1.64. The van der Waals surface area contributed by atoms with Gasteiger partial charge in [0.25, 0.3) is 0 Å². The molecule has 0 aliphatic carbocycles. The lowest BCUT2D eigenvalue weighted by Gasteiger charge is -2.31. The molecule has 2 aromatic carbocycles. The largest absolute Gasteiger partial charge is 0.497 e. The second-order valence-corrected chi connectivity index (χ2v) is 6.69. The van der Waals surface area contributed by atoms with Crippen LogP contribution in [0.25, 0.3) is 11.0 Å². The summed E-state index contributed by atoms with van der Waals surface area (Å²) >= 11 is 0. The van der Waals surface area contributed by atoms with Gasteiger partial charge in [-0.15, -0.1) is 5.10 Å². The molecule has 0 atom stereocenters. The van der Waals surface area contributed by atoms with Crippen LogP contribution in [0.2, 0.25) is 0 Å². The number of nitrogens with zero attached hydrogens (tertiary/aromatic N) is 4. The topological polar surface area (TPSA) is 69.5 Å². The molecular weight excluding hydrogens is 344 g/mol. The molecule has 27 heavy (non-hydrogen) atoms. The Kier molecular flexibility index (Phi) is 4.91. The fourth-order valence-corrected chi connectivity index (χ4v) is 3.34. The molecule has 1 aliphatic rings. The van der Waals surface area contributed by atoms with Crippen molar-refractivity contribution in [3.63, 3.8) is 0 Å². The highest BCUT2D eigenvalue weighted by Gasteiger charge is 2.25. The number of fused-ring (bicyclic) bond motifs is 1. The van der Waals surface area contributed by atoms with Gasteiger partial charge < -0.3 is 14.4 Å². The minimum absolute atomic E-state index is 0.115. The summed E-state index contributed by atoms with van der Waals surface area (Å²) in [6, 6.07) is 15.0. The molecule has 0 saturated carbocycles. The monoisotopic (exact) mass is 366 g/mol. The molecule has 0 spiro atoms. The van der Waals surface area contributed by atoms with Crippen molar-refractivity contribution in [2.24, 2.45) is 5.92 Å². The van der Waals surface area contributed by atoms with Gasteiger partial charge in [0.2, 0.25) is 0 Å². The predicted molar refractivity (Wildman–Crippen MR) is 101 cm³/mol. The summed E-state index contributed by atoms with van der Waals surface area (Å²) in [5.74, 6) is 2.02. The Bertz CT molecular complexity index is 932. The number of methoxy groups -OCH3 is 1. The van der Waals surface area contributed by atoms with Gasteiger partial charge in [0.15, 0.2) is 0 Å². The maximum Gasteiger partial charge on any atom is 0.346 e. The minimum atomic E-state index is -0.115. The number of piperidine rings is 1. The number of carbonyl (C=O) groups is 1. The molecule has 4 rings (SSSR count). The lowest BCUT2D eigenvalue weighted by molar-refractivity contribution is 0.144. The maximum absolute atomic E-state index is 12.8. The second-order valence-electron chi connectivity index (χ2n) is 6.69. The zero-order chi connectivity index (χ0) is 18.6. The molecule has 0 unspecified atom stereocenters. The molecule has 1 saturated heterocycles. The number of aromatic nitrogens is 3. The van der Waals surface area contributed by atoms with E-state index in [1.165, 1.54) is 4.68 Å². The van der Waals surface area contributed by atoms with E-state index >= 15 is 0 Å². The number of hydrogen-bond donors (Lipinski definition) is 0. The van der Waals surface area contributed by atoms with Crippen LogP contribution in [0.1, 0.15) is 12.8 Å². The molecule has 0 radical (unpaired) electrons. The van der Waals surface area contributed by atoms with E-state index in [-0.39, 0.29) is 6.03 Å². The molecule has 0 N–H and O–H groups in total. The van der Waals surface area contributed by atoms with Crippen LogP contribution in [0.5, 0.6) is 11.5 Å². The van der Waals surface area contributed by atoms with E-state index in [0.29, 0.717) is 25.6 Å². The number of amides is 1. The number of rotatable bonds is 4. The van der Waals surface area contributed by atoms with Crippen LogP contribution in [0.3, 0.4) is 0 Å². The van der Waals surface area contributed by atoms with E-state index in [1.807, 2.05) is 53.4 Å². The summed E-state index contributed by atoms with van der Waals surface area (Å²) in [4.78, 5) is 14.6. The van der Waals surface area contributed by atoms with Crippen LogP contribution >= 0.6 is 0 Å². The van der Waals surface area contributed by atoms with Crippen molar-refractivity contribution < 1.29 is 14.3 Å². The Labute approximate surface area is 157 Å². The minimum Gasteiger partial charge on any atom is -0.497 e. The summed E-state index contributed by atoms with van der Waals surface area (Å²) in [5.41, 5.74) is 1.47. The Morgan fingerprint density at radius 1 is 1.11 bits per heavy atom. The van der Waals surface area contributed by atoms with Gasteiger partial charge in [-0.2, -0.15) is 4.68 Å². The first kappa shape index (κ1) is 17.3. The van der Waals surface area contributed by atoms with Gasteiger partial charge in [-0.3, -0.25) is 0 Å². The first-order valence-corrected chi connectivity index (χ1v) is 9.11. The van der Waals surface area contributed by atoms with Gasteiger partial charge in [-0.05, 0) is 43.0 Å². The molecule has 2 heterocycles. The molecule has 3 aromatic rings. The lowest BCUT2D eigenvalue weighted by atomic mass is 9.98. The Morgan fingerprint density at radius 2 is 1.89 bits per heavy atom. The van der Waals surface area contributed by atoms with Crippen LogP contribution in [0.4, 0.5) is 4.79 Å². The molecule has 7 heteroatoms. The van der Waals surface area contributed by atoms with Crippen molar-refractivity contribution in [1.29, 1.82) is 0 Å². The maximum atomic E-state index is 12.8. The van der Waals surface area contributed by atoms with E-state index in [2.05, 4.69) is 10.3 Å². The van der Waals surface area contributed by atoms with Crippen molar-refractivity contribution in [3.8, 4) is 11.5 Å². The molecular formula is C20H22N4O3. The zero-order valence-corrected chi connectivity index (χ0v) is 15.2. The van der Waals surface area contributed by atoms with Crippen molar-refractivity contribution in [1.82, 2.24) is 19.9 Å². The Hall–Kier alpha value is -3.09. The molecule has 1 aliphatic heterocycles. The fourth-order valence-electron chi connectivity index (χ4n) is 3.34. The van der Waals surface area contributed by atoms with Crippen molar-refractivity contribution in [2.45, 2.75) is 12.8 Å². The van der Waals surface area contributed by atoms with Crippen LogP contribution in [-0.2, 0) is 0 Å². The fraction of sp³-hybridized carbons (Fsp3) is 0.350. The predicted octanol–water partition coefficient (Wildman–Crippen LogP) is 3.20. The summed E-state index contributed by atoms with van der Waals surface area (Å²) in [6.07, 6.45) is 1.81. The number of ether oxygens (including phenoxy) is 2. The highest BCUT2D eigenvalue weighted by Crippen LogP contribution is 2.23. The van der Waals surface area contributed by atoms with E-state index < -0.39 is 0 Å². The van der Waals surface area contributed by atoms with Crippen molar-refractivity contribution in [3.05, 3.63) is 48.5 Å². The van der Waals surface area contributed by atoms with E-state index in [9.17, 15) is 4.79 Å². The van der Waals surface area contributed by atoms with E-state index in [1.54, 1.807) is 7.11 Å². The van der Waals surface area contributed by atoms with Crippen LogP contribution in [-0.4, -0.2) is 52.7 Å². The summed E-state index contributed by atoms with van der Waals surface area (Å²) in [5, 5.41) is 8.08. The first-order chi connectivity index (χ1) is 13.2. The third-order valence-corrected chi connectivity index (χ3v) is 4.94. The molecule has 1 fully saturated rings. The van der Waals surface area contributed by atoms with Crippen LogP contribution in [0, 0.1) is 5.92 Å². The number of carbonyl (C=O) groups excluding carboxylic acids is 1. The van der Waals surface area contributed by atoms with Crippen molar-refractivity contribution >= 4 is 17.1 Å². The summed E-state index contributed by atoms with van der Waals surface area (Å²) < 4.78 is 12.5. The molecule has 0 bridgehead atoms. The number of likely N-dealkylation sites (tertiary alicyclic amines) is 1. The molecule has 1 aromatic heterocycles. The Balaban J connectivity index is 1.32. The van der Waals surface area contributed by atoms with Gasteiger partial charge in [0, 0.05) is 19.2 Å². The average Bonchev–Trinajstić information content (AvgIpc) is 3.16. The number of para-hydroxylation sites is 1. The van der Waals surface area contributed by atoms with Crippen molar-refractivity contribution in [2.75, 3.05) is 26.8 Å². The number of hydrogen-bond acceptors (Lipinski definition) is 5. The molecule has 1 amide bonds. The lowest BCUT2D eigenvalue weighted by Crippen LogP contribution is -2.42. The highest BCUT2D eigenvalue weighted by atomic mass is 16.5. The van der Waals surface area contributed by atoms with Gasteiger partial charge in [-0.25, -0.2) is 4.79 Å². The van der Waals surface area contributed by atoms with Gasteiger partial charge in [-0.1, -0.05) is 23.4 Å². The first-order valence-electron chi connectivity index (χ1n) is 9.11. The van der Waals surface area contributed by atoms with Gasteiger partial charge in [0.1, 0.15) is 17.0 Å². The summed E-state index contributed by atoms with van der Waals surface area (Å²) in [6.45, 7) is 2.03. The van der Waals surface area contributed by atoms with Crippen LogP contribution in [0.15, 0.2) is 48.5 Å². The average molecular weight is 366 g/mol. The zero-order valence-electron chi connectivity index (χ0n) is 15.2. The third kappa shape index (κ3) is 3.72. The standard InChI is InChI=1S/C20H22N4O3/c1-26-16-5-4-6-17(13-16)27-14-15-9-11-23(12-10-15)20(25)24-19-8-3-2-7-18(19)21-22-24/h2-8,13,15H,9-12,14H2,1H3. The molecule has 140 valence electrons. The van der Waals surface area contributed by atoms with Gasteiger partial charge >= 0.3 is 6.03 Å². The van der Waals surface area contributed by atoms with E-state index in [0.717, 1.165) is 35.4 Å². The normalized spacial score (nSPS) is 15.1. The van der Waals surface area contributed by atoms with Gasteiger partial charge in [0.05, 0.1) is 19.2 Å². The number of benzene rings is 2. The SMILES string of the molecule is COc1cccc(OCC2CCN(C(=O)n3nnc4ccccc43)CC2)c1. The second kappa shape index (κ2) is 7.65. The van der Waals surface area contributed by atoms with E-state index in [4.69, 9.17) is 9.47 Å². The Morgan fingerprint density at radius 3 is 2.70 bits per heavy atom. The smallest absolute Gasteiger partial charge is 0.346 e. The third-order valence-electron chi connectivity index (χ3n) is 4.94.